The fourth-order valence-electron chi connectivity index (χ4n) is 1.95. The van der Waals surface area contributed by atoms with Crippen molar-refractivity contribution in [1.29, 1.82) is 0 Å². The van der Waals surface area contributed by atoms with E-state index in [0.717, 1.165) is 17.6 Å². The van der Waals surface area contributed by atoms with Gasteiger partial charge in [-0.25, -0.2) is 4.39 Å². The summed E-state index contributed by atoms with van der Waals surface area (Å²) >= 11 is 3.41. The van der Waals surface area contributed by atoms with Crippen LogP contribution in [0.2, 0.25) is 0 Å². The van der Waals surface area contributed by atoms with E-state index in [9.17, 15) is 4.39 Å². The Morgan fingerprint density at radius 1 is 1.43 bits per heavy atom. The second-order valence-electron chi connectivity index (χ2n) is 3.71. The van der Waals surface area contributed by atoms with Gasteiger partial charge in [0.15, 0.2) is 0 Å². The summed E-state index contributed by atoms with van der Waals surface area (Å²) < 4.78 is 13.8. The van der Waals surface area contributed by atoms with E-state index >= 15 is 0 Å². The normalized spacial score (nSPS) is 22.3. The van der Waals surface area contributed by atoms with E-state index < -0.39 is 0 Å². The molecule has 1 aliphatic heterocycles. The summed E-state index contributed by atoms with van der Waals surface area (Å²) in [5, 5.41) is 3.36. The maximum Gasteiger partial charge on any atom is 0.124 e. The summed E-state index contributed by atoms with van der Waals surface area (Å²) in [6, 6.07) is 4.97. The Bertz CT molecular complexity index is 321. The molecule has 1 unspecified atom stereocenters. The molecule has 1 heterocycles. The largest absolute Gasteiger partial charge is 0.316 e. The number of piperidine rings is 1. The van der Waals surface area contributed by atoms with Gasteiger partial charge in [0.1, 0.15) is 5.82 Å². The van der Waals surface area contributed by atoms with Gasteiger partial charge in [-0.05, 0) is 43.0 Å². The molecule has 1 nitrogen and oxygen atoms in total. The molecule has 14 heavy (non-hydrogen) atoms. The molecule has 1 aromatic rings. The lowest BCUT2D eigenvalue weighted by Crippen LogP contribution is -2.28. The van der Waals surface area contributed by atoms with Crippen molar-refractivity contribution in [1.82, 2.24) is 5.32 Å². The average Bonchev–Trinajstić information content (AvgIpc) is 2.19. The maximum absolute atomic E-state index is 12.9. The van der Waals surface area contributed by atoms with Crippen molar-refractivity contribution in [3.05, 3.63) is 34.1 Å². The second kappa shape index (κ2) is 4.41. The topological polar surface area (TPSA) is 12.0 Å². The molecule has 1 aromatic carbocycles. The van der Waals surface area contributed by atoms with Gasteiger partial charge in [-0.2, -0.15) is 0 Å². The number of halogens is 2. The number of benzene rings is 1. The van der Waals surface area contributed by atoms with Gasteiger partial charge in [0.05, 0.1) is 0 Å². The number of hydrogen-bond donors (Lipinski definition) is 1. The van der Waals surface area contributed by atoms with Gasteiger partial charge in [-0.1, -0.05) is 22.0 Å². The highest BCUT2D eigenvalue weighted by molar-refractivity contribution is 9.10. The van der Waals surface area contributed by atoms with Gasteiger partial charge in [0.25, 0.3) is 0 Å². The highest BCUT2D eigenvalue weighted by Gasteiger charge is 2.17. The fraction of sp³-hybridized carbons (Fsp3) is 0.455. The Balaban J connectivity index is 2.22. The molecule has 0 aliphatic carbocycles. The molecule has 2 rings (SSSR count). The van der Waals surface area contributed by atoms with Crippen LogP contribution in [-0.4, -0.2) is 13.1 Å². The molecule has 1 N–H and O–H groups in total. The molecule has 0 saturated carbocycles. The van der Waals surface area contributed by atoms with Crippen LogP contribution in [0.25, 0.3) is 0 Å². The molecule has 0 amide bonds. The van der Waals surface area contributed by atoms with Crippen LogP contribution in [0, 0.1) is 5.82 Å². The Labute approximate surface area is 91.8 Å². The number of nitrogens with one attached hydrogen (secondary N) is 1. The van der Waals surface area contributed by atoms with Crippen LogP contribution in [-0.2, 0) is 0 Å². The Morgan fingerprint density at radius 3 is 2.93 bits per heavy atom. The lowest BCUT2D eigenvalue weighted by molar-refractivity contribution is 0.460. The van der Waals surface area contributed by atoms with Crippen LogP contribution in [0.15, 0.2) is 22.7 Å². The first kappa shape index (κ1) is 10.1. The van der Waals surface area contributed by atoms with Crippen LogP contribution in [0.5, 0.6) is 0 Å². The van der Waals surface area contributed by atoms with E-state index in [2.05, 4.69) is 21.2 Å². The van der Waals surface area contributed by atoms with Crippen LogP contribution in [0.4, 0.5) is 4.39 Å². The molecule has 0 spiro atoms. The lowest BCUT2D eigenvalue weighted by atomic mass is 9.92. The molecule has 0 aromatic heterocycles. The van der Waals surface area contributed by atoms with Crippen molar-refractivity contribution in [2.75, 3.05) is 13.1 Å². The SMILES string of the molecule is Fc1ccc(C2CCCNC2)c(Br)c1. The summed E-state index contributed by atoms with van der Waals surface area (Å²) in [5.41, 5.74) is 1.22. The average molecular weight is 258 g/mol. The van der Waals surface area contributed by atoms with E-state index in [1.165, 1.54) is 24.5 Å². The van der Waals surface area contributed by atoms with Crippen molar-refractivity contribution in [2.45, 2.75) is 18.8 Å². The molecule has 3 heteroatoms. The molecule has 0 radical (unpaired) electrons. The minimum Gasteiger partial charge on any atom is -0.316 e. The monoisotopic (exact) mass is 257 g/mol. The van der Waals surface area contributed by atoms with E-state index in [4.69, 9.17) is 0 Å². The van der Waals surface area contributed by atoms with Gasteiger partial charge in [0, 0.05) is 11.0 Å². The third-order valence-electron chi connectivity index (χ3n) is 2.70. The zero-order valence-electron chi connectivity index (χ0n) is 7.89. The smallest absolute Gasteiger partial charge is 0.124 e. The van der Waals surface area contributed by atoms with Gasteiger partial charge in [-0.3, -0.25) is 0 Å². The molecule has 76 valence electrons. The molecular formula is C11H13BrFN. The first-order valence-corrected chi connectivity index (χ1v) is 5.72. The fourth-order valence-corrected chi connectivity index (χ4v) is 2.62. The quantitative estimate of drug-likeness (QED) is 0.816. The zero-order valence-corrected chi connectivity index (χ0v) is 9.48. The first-order valence-electron chi connectivity index (χ1n) is 4.93. The maximum atomic E-state index is 12.9. The van der Waals surface area contributed by atoms with E-state index in [0.29, 0.717) is 5.92 Å². The van der Waals surface area contributed by atoms with E-state index in [-0.39, 0.29) is 5.82 Å². The van der Waals surface area contributed by atoms with Gasteiger partial charge < -0.3 is 5.32 Å². The Kier molecular flexibility index (Phi) is 3.19. The third-order valence-corrected chi connectivity index (χ3v) is 3.39. The number of rotatable bonds is 1. The molecule has 1 aliphatic rings. The van der Waals surface area contributed by atoms with Crippen LogP contribution < -0.4 is 5.32 Å². The van der Waals surface area contributed by atoms with Crippen molar-refractivity contribution in [3.8, 4) is 0 Å². The van der Waals surface area contributed by atoms with Crippen LogP contribution in [0.3, 0.4) is 0 Å². The van der Waals surface area contributed by atoms with Crippen LogP contribution >= 0.6 is 15.9 Å². The minimum atomic E-state index is -0.176. The standard InChI is InChI=1S/C11H13BrFN/c12-11-6-9(13)3-4-10(11)8-2-1-5-14-7-8/h3-4,6,8,14H,1-2,5,7H2. The van der Waals surface area contributed by atoms with E-state index in [1.807, 2.05) is 6.07 Å². The third kappa shape index (κ3) is 2.15. The molecule has 1 atom stereocenters. The summed E-state index contributed by atoms with van der Waals surface area (Å²) in [5.74, 6) is 0.350. The van der Waals surface area contributed by atoms with Crippen molar-refractivity contribution >= 4 is 15.9 Å². The summed E-state index contributed by atoms with van der Waals surface area (Å²) in [6.45, 7) is 2.11. The minimum absolute atomic E-state index is 0.176. The van der Waals surface area contributed by atoms with Crippen molar-refractivity contribution < 1.29 is 4.39 Å². The highest BCUT2D eigenvalue weighted by atomic mass is 79.9. The Hall–Kier alpha value is -0.410. The molecule has 0 bridgehead atoms. The van der Waals surface area contributed by atoms with Crippen molar-refractivity contribution in [2.24, 2.45) is 0 Å². The highest BCUT2D eigenvalue weighted by Crippen LogP contribution is 2.29. The summed E-state index contributed by atoms with van der Waals surface area (Å²) in [4.78, 5) is 0. The Morgan fingerprint density at radius 2 is 2.29 bits per heavy atom. The second-order valence-corrected chi connectivity index (χ2v) is 4.56. The van der Waals surface area contributed by atoms with Gasteiger partial charge >= 0.3 is 0 Å². The summed E-state index contributed by atoms with van der Waals surface area (Å²) in [7, 11) is 0. The zero-order chi connectivity index (χ0) is 9.97. The lowest BCUT2D eigenvalue weighted by Gasteiger charge is -2.24. The van der Waals surface area contributed by atoms with E-state index in [1.54, 1.807) is 6.07 Å². The summed E-state index contributed by atoms with van der Waals surface area (Å²) in [6.07, 6.45) is 2.39. The molecule has 1 saturated heterocycles. The predicted octanol–water partition coefficient (Wildman–Crippen LogP) is 3.06. The molecular weight excluding hydrogens is 245 g/mol. The van der Waals surface area contributed by atoms with Crippen molar-refractivity contribution in [3.63, 3.8) is 0 Å². The van der Waals surface area contributed by atoms with Gasteiger partial charge in [0.2, 0.25) is 0 Å². The molecule has 1 fully saturated rings. The first-order chi connectivity index (χ1) is 6.77. The van der Waals surface area contributed by atoms with Gasteiger partial charge in [-0.15, -0.1) is 0 Å². The predicted molar refractivity (Wildman–Crippen MR) is 58.9 cm³/mol. The number of hydrogen-bond acceptors (Lipinski definition) is 1. The van der Waals surface area contributed by atoms with Crippen LogP contribution in [0.1, 0.15) is 24.3 Å².